The van der Waals surface area contributed by atoms with Crippen molar-refractivity contribution in [2.24, 2.45) is 0 Å². The van der Waals surface area contributed by atoms with Gasteiger partial charge in [0.05, 0.1) is 23.4 Å². The fraction of sp³-hybridized carbons (Fsp3) is 0.235. The van der Waals surface area contributed by atoms with Crippen LogP contribution < -0.4 is 4.31 Å². The van der Waals surface area contributed by atoms with E-state index in [4.69, 9.17) is 4.52 Å². The lowest BCUT2D eigenvalue weighted by Crippen LogP contribution is -2.41. The van der Waals surface area contributed by atoms with Gasteiger partial charge in [0.1, 0.15) is 6.54 Å². The molecule has 0 aliphatic rings. The number of carbonyl (C=O) groups is 1. The number of likely N-dealkylation sites (N-methyl/N-ethyl adjacent to an activating group) is 1. The Balaban J connectivity index is 1.73. The fourth-order valence-electron chi connectivity index (χ4n) is 2.40. The highest BCUT2D eigenvalue weighted by molar-refractivity contribution is 7.92. The molecule has 0 spiro atoms. The van der Waals surface area contributed by atoms with Crippen LogP contribution in [0.15, 0.2) is 40.2 Å². The Morgan fingerprint density at radius 1 is 1.24 bits per heavy atom. The Kier molecular flexibility index (Phi) is 5.94. The molecule has 154 valence electrons. The molecule has 3 aromatic rings. The minimum Gasteiger partial charge on any atom is -0.337 e. The van der Waals surface area contributed by atoms with E-state index in [1.165, 1.54) is 23.3 Å². The molecule has 0 aliphatic heterocycles. The summed E-state index contributed by atoms with van der Waals surface area (Å²) in [4.78, 5) is 18.7. The summed E-state index contributed by atoms with van der Waals surface area (Å²) in [6.07, 6.45) is 0.868. The third-order valence-electron chi connectivity index (χ3n) is 3.88. The van der Waals surface area contributed by atoms with Crippen molar-refractivity contribution in [1.82, 2.24) is 15.0 Å². The van der Waals surface area contributed by atoms with Crippen molar-refractivity contribution in [2.45, 2.75) is 6.54 Å². The molecule has 2 heterocycles. The number of amides is 1. The fourth-order valence-corrected chi connectivity index (χ4v) is 3.89. The van der Waals surface area contributed by atoms with Crippen molar-refractivity contribution in [3.8, 4) is 10.7 Å². The molecular formula is C17H16F2N4O4S2. The van der Waals surface area contributed by atoms with Gasteiger partial charge in [0, 0.05) is 13.1 Å². The Morgan fingerprint density at radius 3 is 2.62 bits per heavy atom. The molecule has 0 atom stereocenters. The number of hydrogen-bond acceptors (Lipinski definition) is 7. The number of benzene rings is 1. The van der Waals surface area contributed by atoms with E-state index in [9.17, 15) is 22.0 Å². The zero-order valence-electron chi connectivity index (χ0n) is 15.4. The SMILES string of the molecule is CN(Cc1nc(-c2cccs2)no1)C(=O)CN(c1ccc(F)c(F)c1)S(C)(=O)=O. The molecule has 0 unspecified atom stereocenters. The molecule has 1 amide bonds. The maximum absolute atomic E-state index is 13.5. The predicted octanol–water partition coefficient (Wildman–Crippen LogP) is 2.50. The number of nitrogens with zero attached hydrogens (tertiary/aromatic N) is 4. The minimum absolute atomic E-state index is 0.0490. The third kappa shape index (κ3) is 4.95. The molecule has 0 bridgehead atoms. The van der Waals surface area contributed by atoms with Crippen LogP contribution in [-0.4, -0.2) is 49.2 Å². The number of aromatic nitrogens is 2. The van der Waals surface area contributed by atoms with Gasteiger partial charge >= 0.3 is 0 Å². The molecule has 0 fully saturated rings. The molecule has 2 aromatic heterocycles. The molecule has 3 rings (SSSR count). The summed E-state index contributed by atoms with van der Waals surface area (Å²) in [5.41, 5.74) is -0.161. The van der Waals surface area contributed by atoms with Crippen molar-refractivity contribution in [3.63, 3.8) is 0 Å². The molecule has 29 heavy (non-hydrogen) atoms. The Morgan fingerprint density at radius 2 is 2.00 bits per heavy atom. The van der Waals surface area contributed by atoms with Crippen molar-refractivity contribution in [2.75, 3.05) is 24.2 Å². The van der Waals surface area contributed by atoms with Crippen LogP contribution in [0.3, 0.4) is 0 Å². The number of hydrogen-bond donors (Lipinski definition) is 0. The quantitative estimate of drug-likeness (QED) is 0.558. The van der Waals surface area contributed by atoms with E-state index >= 15 is 0 Å². The van der Waals surface area contributed by atoms with E-state index < -0.39 is 34.1 Å². The van der Waals surface area contributed by atoms with Gasteiger partial charge in [-0.25, -0.2) is 17.2 Å². The highest BCUT2D eigenvalue weighted by Crippen LogP contribution is 2.22. The van der Waals surface area contributed by atoms with Gasteiger partial charge in [0.25, 0.3) is 0 Å². The Hall–Kier alpha value is -2.86. The van der Waals surface area contributed by atoms with E-state index in [1.54, 1.807) is 0 Å². The van der Waals surface area contributed by atoms with Crippen LogP contribution in [0, 0.1) is 11.6 Å². The number of anilines is 1. The molecule has 0 aliphatic carbocycles. The molecular weight excluding hydrogens is 426 g/mol. The van der Waals surface area contributed by atoms with Crippen molar-refractivity contribution < 1.29 is 26.5 Å². The van der Waals surface area contributed by atoms with E-state index in [-0.39, 0.29) is 18.1 Å². The van der Waals surface area contributed by atoms with Crippen LogP contribution in [0.4, 0.5) is 14.5 Å². The Bertz CT molecular complexity index is 1120. The molecule has 0 saturated heterocycles. The van der Waals surface area contributed by atoms with E-state index in [2.05, 4.69) is 10.1 Å². The zero-order chi connectivity index (χ0) is 21.2. The smallest absolute Gasteiger partial charge is 0.246 e. The second-order valence-electron chi connectivity index (χ2n) is 6.11. The van der Waals surface area contributed by atoms with Gasteiger partial charge in [-0.2, -0.15) is 4.98 Å². The normalized spacial score (nSPS) is 11.4. The van der Waals surface area contributed by atoms with Crippen LogP contribution in [0.1, 0.15) is 5.89 Å². The lowest BCUT2D eigenvalue weighted by molar-refractivity contribution is -0.129. The van der Waals surface area contributed by atoms with Gasteiger partial charge in [-0.3, -0.25) is 9.10 Å². The van der Waals surface area contributed by atoms with Gasteiger partial charge in [0.15, 0.2) is 11.6 Å². The topological polar surface area (TPSA) is 96.6 Å². The van der Waals surface area contributed by atoms with Crippen molar-refractivity contribution in [3.05, 3.63) is 53.2 Å². The average molecular weight is 442 g/mol. The molecule has 1 aromatic carbocycles. The number of thiophene rings is 1. The van der Waals surface area contributed by atoms with Crippen LogP contribution in [0.25, 0.3) is 10.7 Å². The number of rotatable bonds is 7. The first kappa shape index (κ1) is 20.9. The average Bonchev–Trinajstić information content (AvgIpc) is 3.32. The highest BCUT2D eigenvalue weighted by atomic mass is 32.2. The first-order chi connectivity index (χ1) is 13.6. The standard InChI is InChI=1S/C17H16F2N4O4S2/c1-22(9-15-20-17(21-27-15)14-4-3-7-28-14)16(24)10-23(29(2,25)26)11-5-6-12(18)13(19)8-11/h3-8H,9-10H2,1-2H3. The predicted molar refractivity (Wildman–Crippen MR) is 103 cm³/mol. The number of carbonyl (C=O) groups excluding carboxylic acids is 1. The summed E-state index contributed by atoms with van der Waals surface area (Å²) in [5, 5.41) is 5.70. The van der Waals surface area contributed by atoms with Gasteiger partial charge in [-0.05, 0) is 23.6 Å². The Labute approximate surface area is 169 Å². The first-order valence-corrected chi connectivity index (χ1v) is 10.9. The van der Waals surface area contributed by atoms with E-state index in [0.717, 1.165) is 29.3 Å². The maximum Gasteiger partial charge on any atom is 0.246 e. The molecule has 12 heteroatoms. The second kappa shape index (κ2) is 8.25. The lowest BCUT2D eigenvalue weighted by atomic mass is 10.3. The summed E-state index contributed by atoms with van der Waals surface area (Å²) in [5.74, 6) is -2.39. The van der Waals surface area contributed by atoms with Crippen LogP contribution in [0.5, 0.6) is 0 Å². The number of sulfonamides is 1. The monoisotopic (exact) mass is 442 g/mol. The van der Waals surface area contributed by atoms with Crippen LogP contribution in [0.2, 0.25) is 0 Å². The summed E-state index contributed by atoms with van der Waals surface area (Å²) in [6.45, 7) is -0.654. The van der Waals surface area contributed by atoms with Crippen molar-refractivity contribution in [1.29, 1.82) is 0 Å². The van der Waals surface area contributed by atoms with Gasteiger partial charge in [-0.15, -0.1) is 11.3 Å². The molecule has 0 saturated carbocycles. The summed E-state index contributed by atoms with van der Waals surface area (Å²) < 4.78 is 56.6. The summed E-state index contributed by atoms with van der Waals surface area (Å²) in [7, 11) is -2.49. The van der Waals surface area contributed by atoms with Crippen LogP contribution in [-0.2, 0) is 21.4 Å². The summed E-state index contributed by atoms with van der Waals surface area (Å²) >= 11 is 1.43. The molecule has 8 nitrogen and oxygen atoms in total. The summed E-state index contributed by atoms with van der Waals surface area (Å²) in [6, 6.07) is 6.25. The van der Waals surface area contributed by atoms with Crippen molar-refractivity contribution >= 4 is 33.0 Å². The lowest BCUT2D eigenvalue weighted by Gasteiger charge is -2.24. The van der Waals surface area contributed by atoms with E-state index in [0.29, 0.717) is 10.1 Å². The second-order valence-corrected chi connectivity index (χ2v) is 8.96. The molecule has 0 N–H and O–H groups in total. The van der Waals surface area contributed by atoms with Crippen LogP contribution >= 0.6 is 11.3 Å². The van der Waals surface area contributed by atoms with E-state index in [1.807, 2.05) is 17.5 Å². The minimum atomic E-state index is -3.93. The number of halogens is 2. The van der Waals surface area contributed by atoms with Gasteiger partial charge < -0.3 is 9.42 Å². The molecule has 0 radical (unpaired) electrons. The maximum atomic E-state index is 13.5. The van der Waals surface area contributed by atoms with Gasteiger partial charge in [-0.1, -0.05) is 11.2 Å². The van der Waals surface area contributed by atoms with Gasteiger partial charge in [0.2, 0.25) is 27.6 Å². The zero-order valence-corrected chi connectivity index (χ0v) is 17.0. The first-order valence-electron chi connectivity index (χ1n) is 8.18. The highest BCUT2D eigenvalue weighted by Gasteiger charge is 2.24. The largest absolute Gasteiger partial charge is 0.337 e. The third-order valence-corrected chi connectivity index (χ3v) is 5.88.